The lowest BCUT2D eigenvalue weighted by Gasteiger charge is -2.42. The molecule has 4 unspecified atom stereocenters. The van der Waals surface area contributed by atoms with Gasteiger partial charge in [0.2, 0.25) is 0 Å². The number of unbranched alkanes of at least 4 members (excludes halogenated alkanes) is 24. The zero-order valence-electron chi connectivity index (χ0n) is 42.1. The Bertz CT molecular complexity index is 1280. The second kappa shape index (κ2) is 40.6. The van der Waals surface area contributed by atoms with Gasteiger partial charge in [0, 0.05) is 12.8 Å². The normalized spacial score (nSPS) is 25.9. The molecule has 0 aromatic heterocycles. The van der Waals surface area contributed by atoms with Crippen LogP contribution in [0.15, 0.2) is 24.3 Å². The third-order valence-corrected chi connectivity index (χ3v) is 12.9. The minimum absolute atomic E-state index is 0.162. The molecule has 0 bridgehead atoms. The topological polar surface area (TPSA) is 231 Å². The Morgan fingerprint density at radius 1 is 0.456 bits per heavy atom. The molecule has 398 valence electrons. The Hall–Kier alpha value is -2.02. The molecule has 0 aliphatic carbocycles. The summed E-state index contributed by atoms with van der Waals surface area (Å²) in [5.41, 5.74) is 0. The maximum absolute atomic E-state index is 13.0. The van der Waals surface area contributed by atoms with E-state index >= 15 is 0 Å². The summed E-state index contributed by atoms with van der Waals surface area (Å²) in [6.07, 6.45) is 24.8. The SMILES string of the molecule is CCCC/C=C/CCCCCCCCCCCC(=O)OC[C@H](CO[C@H]1O[C@@H](CO[C@H]2O[C@@H](CO)[C@@H](O)C(O)C2O)[C@@H](O)C(O)C1O)OC(=O)CCCCCCCCC/C=C/CCCCCCCC. The first-order valence-corrected chi connectivity index (χ1v) is 26.9. The lowest BCUT2D eigenvalue weighted by Crippen LogP contribution is -2.61. The minimum atomic E-state index is -1.76. The van der Waals surface area contributed by atoms with Crippen LogP contribution in [0.5, 0.6) is 0 Å². The van der Waals surface area contributed by atoms with Crippen molar-refractivity contribution in [2.45, 2.75) is 274 Å². The molecule has 0 aromatic rings. The third kappa shape index (κ3) is 28.1. The van der Waals surface area contributed by atoms with Gasteiger partial charge in [0.25, 0.3) is 0 Å². The zero-order chi connectivity index (χ0) is 49.6. The largest absolute Gasteiger partial charge is 0.462 e. The molecular formula is C53H96O15. The van der Waals surface area contributed by atoms with Gasteiger partial charge in [-0.25, -0.2) is 0 Å². The fraction of sp³-hybridized carbons (Fsp3) is 0.887. The standard InChI is InChI=1S/C53H96O15/c1-3-5-7-9-11-13-15-17-19-20-22-24-26-28-30-32-34-36-45(56)66-41(38-63-44(55)35-33-31-29-27-25-23-21-18-16-14-12-10-8-6-4-2)39-64-52-51(62)49(60)47(58)43(68-52)40-65-53-50(61)48(59)46(57)42(37-54)67-53/h10,12,17,19,41-43,46-54,57-62H,3-9,11,13-16,18,20-40H2,1-2H3/b12-10+,19-17+/t41-,42+,43+,46-,47-,48?,49?,50?,51?,52+,53+/m1/s1. The molecule has 68 heavy (non-hydrogen) atoms. The average molecular weight is 973 g/mol. The molecule has 2 fully saturated rings. The van der Waals surface area contributed by atoms with E-state index in [9.17, 15) is 45.3 Å². The summed E-state index contributed by atoms with van der Waals surface area (Å²) in [4.78, 5) is 25.8. The number of allylic oxidation sites excluding steroid dienone is 4. The number of carbonyl (C=O) groups is 2. The molecule has 15 nitrogen and oxygen atoms in total. The summed E-state index contributed by atoms with van der Waals surface area (Å²) in [5, 5.41) is 72.1. The summed E-state index contributed by atoms with van der Waals surface area (Å²) in [5.74, 6) is -0.926. The smallest absolute Gasteiger partial charge is 0.306 e. The van der Waals surface area contributed by atoms with Crippen LogP contribution in [0, 0.1) is 0 Å². The molecule has 11 atom stereocenters. The fourth-order valence-corrected chi connectivity index (χ4v) is 8.43. The highest BCUT2D eigenvalue weighted by atomic mass is 16.7. The number of aliphatic hydroxyl groups is 7. The van der Waals surface area contributed by atoms with Crippen molar-refractivity contribution in [2.75, 3.05) is 26.4 Å². The highest BCUT2D eigenvalue weighted by Gasteiger charge is 2.47. The van der Waals surface area contributed by atoms with Crippen LogP contribution in [0.4, 0.5) is 0 Å². The zero-order valence-corrected chi connectivity index (χ0v) is 42.1. The molecule has 0 spiro atoms. The quantitative estimate of drug-likeness (QED) is 0.0175. The molecule has 2 aliphatic rings. The van der Waals surface area contributed by atoms with Crippen LogP contribution in [0.25, 0.3) is 0 Å². The second-order valence-electron chi connectivity index (χ2n) is 19.0. The van der Waals surface area contributed by atoms with Gasteiger partial charge in [0.1, 0.15) is 55.4 Å². The Kier molecular flexibility index (Phi) is 37.0. The average Bonchev–Trinajstić information content (AvgIpc) is 3.33. The van der Waals surface area contributed by atoms with Crippen LogP contribution in [0.2, 0.25) is 0 Å². The van der Waals surface area contributed by atoms with Gasteiger partial charge in [0.15, 0.2) is 18.7 Å². The molecule has 2 aliphatic heterocycles. The number of esters is 2. The first-order chi connectivity index (χ1) is 33.0. The molecule has 2 heterocycles. The molecule has 7 N–H and O–H groups in total. The lowest BCUT2D eigenvalue weighted by molar-refractivity contribution is -0.332. The number of ether oxygens (including phenoxy) is 6. The summed E-state index contributed by atoms with van der Waals surface area (Å²) < 4.78 is 33.6. The molecule has 0 aromatic carbocycles. The molecular weight excluding hydrogens is 877 g/mol. The van der Waals surface area contributed by atoms with Crippen LogP contribution in [-0.4, -0.2) is 142 Å². The van der Waals surface area contributed by atoms with E-state index in [1.807, 2.05) is 0 Å². The van der Waals surface area contributed by atoms with E-state index in [0.717, 1.165) is 57.8 Å². The molecule has 0 radical (unpaired) electrons. The lowest BCUT2D eigenvalue weighted by atomic mass is 9.98. The first kappa shape index (κ1) is 62.1. The van der Waals surface area contributed by atoms with E-state index in [1.54, 1.807) is 0 Å². The van der Waals surface area contributed by atoms with Crippen molar-refractivity contribution in [3.63, 3.8) is 0 Å². The summed E-state index contributed by atoms with van der Waals surface area (Å²) >= 11 is 0. The number of carbonyl (C=O) groups excluding carboxylic acids is 2. The summed E-state index contributed by atoms with van der Waals surface area (Å²) in [6, 6.07) is 0. The van der Waals surface area contributed by atoms with Crippen LogP contribution in [0.3, 0.4) is 0 Å². The van der Waals surface area contributed by atoms with Gasteiger partial charge in [-0.3, -0.25) is 9.59 Å². The monoisotopic (exact) mass is 973 g/mol. The van der Waals surface area contributed by atoms with Crippen molar-refractivity contribution < 1.29 is 73.8 Å². The van der Waals surface area contributed by atoms with Gasteiger partial charge in [-0.1, -0.05) is 160 Å². The maximum Gasteiger partial charge on any atom is 0.306 e. The molecule has 2 rings (SSSR count). The van der Waals surface area contributed by atoms with E-state index in [2.05, 4.69) is 38.2 Å². The summed E-state index contributed by atoms with van der Waals surface area (Å²) in [7, 11) is 0. The van der Waals surface area contributed by atoms with Crippen LogP contribution >= 0.6 is 0 Å². The Morgan fingerprint density at radius 3 is 1.34 bits per heavy atom. The van der Waals surface area contributed by atoms with Gasteiger partial charge in [-0.2, -0.15) is 0 Å². The number of hydrogen-bond donors (Lipinski definition) is 7. The van der Waals surface area contributed by atoms with Crippen LogP contribution < -0.4 is 0 Å². The third-order valence-electron chi connectivity index (χ3n) is 12.9. The molecule has 0 amide bonds. The Balaban J connectivity index is 1.79. The highest BCUT2D eigenvalue weighted by molar-refractivity contribution is 5.70. The van der Waals surface area contributed by atoms with Crippen molar-refractivity contribution in [1.82, 2.24) is 0 Å². The maximum atomic E-state index is 13.0. The number of rotatable bonds is 42. The number of hydrogen-bond acceptors (Lipinski definition) is 15. The highest BCUT2D eigenvalue weighted by Crippen LogP contribution is 2.26. The van der Waals surface area contributed by atoms with Crippen molar-refractivity contribution in [3.05, 3.63) is 24.3 Å². The molecule has 0 saturated carbocycles. The van der Waals surface area contributed by atoms with E-state index in [1.165, 1.54) is 109 Å². The van der Waals surface area contributed by atoms with Gasteiger partial charge < -0.3 is 64.2 Å². The van der Waals surface area contributed by atoms with Crippen molar-refractivity contribution in [2.24, 2.45) is 0 Å². The predicted molar refractivity (Wildman–Crippen MR) is 261 cm³/mol. The first-order valence-electron chi connectivity index (χ1n) is 26.9. The number of aliphatic hydroxyl groups excluding tert-OH is 7. The van der Waals surface area contributed by atoms with Gasteiger partial charge >= 0.3 is 11.9 Å². The predicted octanol–water partition coefficient (Wildman–Crippen LogP) is 7.94. The van der Waals surface area contributed by atoms with Crippen LogP contribution in [-0.2, 0) is 38.0 Å². The Labute approximate surface area is 409 Å². The minimum Gasteiger partial charge on any atom is -0.462 e. The van der Waals surface area contributed by atoms with Gasteiger partial charge in [-0.05, 0) is 57.8 Å². The molecule has 2 saturated heterocycles. The molecule has 15 heteroatoms. The summed E-state index contributed by atoms with van der Waals surface area (Å²) in [6.45, 7) is 2.57. The van der Waals surface area contributed by atoms with Crippen molar-refractivity contribution in [3.8, 4) is 0 Å². The van der Waals surface area contributed by atoms with E-state index in [4.69, 9.17) is 28.4 Å². The van der Waals surface area contributed by atoms with Crippen LogP contribution in [0.1, 0.15) is 206 Å². The van der Waals surface area contributed by atoms with Crippen molar-refractivity contribution >= 4 is 11.9 Å². The van der Waals surface area contributed by atoms with E-state index in [-0.39, 0.29) is 26.1 Å². The van der Waals surface area contributed by atoms with E-state index in [0.29, 0.717) is 12.8 Å². The van der Waals surface area contributed by atoms with E-state index < -0.39 is 92.7 Å². The van der Waals surface area contributed by atoms with Crippen molar-refractivity contribution in [1.29, 1.82) is 0 Å². The second-order valence-corrected chi connectivity index (χ2v) is 19.0. The van der Waals surface area contributed by atoms with Gasteiger partial charge in [0.05, 0.1) is 19.8 Å². The fourth-order valence-electron chi connectivity index (χ4n) is 8.43. The Morgan fingerprint density at radius 2 is 0.853 bits per heavy atom. The van der Waals surface area contributed by atoms with Gasteiger partial charge in [-0.15, -0.1) is 0 Å².